The Morgan fingerprint density at radius 1 is 1.30 bits per heavy atom. The Bertz CT molecular complexity index is 489. The highest BCUT2D eigenvalue weighted by Crippen LogP contribution is 2.19. The van der Waals surface area contributed by atoms with Crippen LogP contribution in [0.2, 0.25) is 0 Å². The van der Waals surface area contributed by atoms with Crippen LogP contribution < -0.4 is 5.32 Å². The fourth-order valence-electron chi connectivity index (χ4n) is 2.27. The molecule has 0 aliphatic carbocycles. The number of nitrogens with one attached hydrogen (secondary N) is 1. The van der Waals surface area contributed by atoms with Gasteiger partial charge in [-0.3, -0.25) is 4.79 Å². The van der Waals surface area contributed by atoms with Crippen LogP contribution in [0, 0.1) is 0 Å². The number of carboxylic acid groups (broad SMARTS) is 1. The number of hydrogen-bond donors (Lipinski definition) is 2. The number of aryl methyl sites for hydroxylation is 1. The molecule has 1 atom stereocenters. The van der Waals surface area contributed by atoms with Gasteiger partial charge in [0.05, 0.1) is 13.0 Å². The second-order valence-corrected chi connectivity index (χ2v) is 5.08. The molecule has 1 fully saturated rings. The molecule has 1 aliphatic heterocycles. The highest BCUT2D eigenvalue weighted by molar-refractivity contribution is 5.88. The van der Waals surface area contributed by atoms with Gasteiger partial charge < -0.3 is 15.2 Å². The van der Waals surface area contributed by atoms with Crippen LogP contribution in [0.4, 0.5) is 0 Å². The average Bonchev–Trinajstić information content (AvgIpc) is 2.89. The molecule has 108 valence electrons. The highest BCUT2D eigenvalue weighted by atomic mass is 16.5. The van der Waals surface area contributed by atoms with Crippen LogP contribution >= 0.6 is 0 Å². The van der Waals surface area contributed by atoms with Gasteiger partial charge in [-0.15, -0.1) is 0 Å². The predicted octanol–water partition coefficient (Wildman–Crippen LogP) is 1.15. The smallest absolute Gasteiger partial charge is 0.331 e. The zero-order chi connectivity index (χ0) is 14.6. The minimum absolute atomic E-state index is 0.0306. The number of carboxylic acids is 1. The lowest BCUT2D eigenvalue weighted by Gasteiger charge is -2.23. The summed E-state index contributed by atoms with van der Waals surface area (Å²) >= 11 is 0. The molecule has 1 aliphatic rings. The Labute approximate surface area is 117 Å². The van der Waals surface area contributed by atoms with E-state index in [-0.39, 0.29) is 18.9 Å². The van der Waals surface area contributed by atoms with Crippen molar-refractivity contribution in [2.24, 2.45) is 0 Å². The molecule has 0 spiro atoms. The summed E-state index contributed by atoms with van der Waals surface area (Å²) in [5.74, 6) is -1.33. The van der Waals surface area contributed by atoms with Crippen molar-refractivity contribution in [1.82, 2.24) is 5.32 Å². The van der Waals surface area contributed by atoms with E-state index in [0.29, 0.717) is 13.0 Å². The first-order chi connectivity index (χ1) is 9.55. The number of carbonyl (C=O) groups excluding carboxylic acids is 1. The standard InChI is InChI=1S/C15H19NO4/c1-2-11-3-5-12(6-4-11)9-13(17)16-15(14(18)19)7-8-20-10-15/h3-6H,2,7-10H2,1H3,(H,16,17)(H,18,19). The lowest BCUT2D eigenvalue weighted by atomic mass is 9.98. The van der Waals surface area contributed by atoms with E-state index in [1.807, 2.05) is 24.3 Å². The van der Waals surface area contributed by atoms with Gasteiger partial charge in [-0.05, 0) is 17.5 Å². The van der Waals surface area contributed by atoms with Gasteiger partial charge in [0.2, 0.25) is 5.91 Å². The van der Waals surface area contributed by atoms with Crippen LogP contribution in [0.25, 0.3) is 0 Å². The maximum absolute atomic E-state index is 12.0. The average molecular weight is 277 g/mol. The molecule has 2 rings (SSSR count). The second-order valence-electron chi connectivity index (χ2n) is 5.08. The van der Waals surface area contributed by atoms with Crippen molar-refractivity contribution in [2.45, 2.75) is 31.7 Å². The van der Waals surface area contributed by atoms with Gasteiger partial charge in [-0.25, -0.2) is 4.79 Å². The van der Waals surface area contributed by atoms with Crippen LogP contribution in [-0.2, 0) is 27.2 Å². The number of hydrogen-bond acceptors (Lipinski definition) is 3. The quantitative estimate of drug-likeness (QED) is 0.846. The minimum Gasteiger partial charge on any atom is -0.479 e. The number of benzene rings is 1. The third-order valence-electron chi connectivity index (χ3n) is 3.61. The van der Waals surface area contributed by atoms with Crippen molar-refractivity contribution in [3.63, 3.8) is 0 Å². The van der Waals surface area contributed by atoms with E-state index in [4.69, 9.17) is 4.74 Å². The lowest BCUT2D eigenvalue weighted by molar-refractivity contribution is -0.147. The fraction of sp³-hybridized carbons (Fsp3) is 0.467. The summed E-state index contributed by atoms with van der Waals surface area (Å²) in [6, 6.07) is 7.76. The summed E-state index contributed by atoms with van der Waals surface area (Å²) in [5.41, 5.74) is 0.819. The van der Waals surface area contributed by atoms with Crippen LogP contribution in [0.3, 0.4) is 0 Å². The van der Waals surface area contributed by atoms with Gasteiger partial charge in [0.1, 0.15) is 0 Å². The molecule has 1 heterocycles. The van der Waals surface area contributed by atoms with E-state index in [0.717, 1.165) is 12.0 Å². The van der Waals surface area contributed by atoms with E-state index in [1.165, 1.54) is 5.56 Å². The number of amides is 1. The van der Waals surface area contributed by atoms with Gasteiger partial charge in [0.15, 0.2) is 5.54 Å². The monoisotopic (exact) mass is 277 g/mol. The molecule has 1 unspecified atom stereocenters. The third kappa shape index (κ3) is 3.17. The Morgan fingerprint density at radius 3 is 2.45 bits per heavy atom. The molecule has 2 N–H and O–H groups in total. The molecule has 1 aromatic rings. The van der Waals surface area contributed by atoms with E-state index >= 15 is 0 Å². The topological polar surface area (TPSA) is 75.6 Å². The Hall–Kier alpha value is -1.88. The Morgan fingerprint density at radius 2 is 1.95 bits per heavy atom. The van der Waals surface area contributed by atoms with Crippen LogP contribution in [-0.4, -0.2) is 35.7 Å². The molecular weight excluding hydrogens is 258 g/mol. The summed E-state index contributed by atoms with van der Waals surface area (Å²) in [6.07, 6.45) is 1.44. The van der Waals surface area contributed by atoms with Crippen molar-refractivity contribution in [3.8, 4) is 0 Å². The minimum atomic E-state index is -1.26. The third-order valence-corrected chi connectivity index (χ3v) is 3.61. The Kier molecular flexibility index (Phi) is 4.39. The van der Waals surface area contributed by atoms with Crippen LogP contribution in [0.15, 0.2) is 24.3 Å². The van der Waals surface area contributed by atoms with Gasteiger partial charge in [0, 0.05) is 13.0 Å². The molecular formula is C15H19NO4. The van der Waals surface area contributed by atoms with Gasteiger partial charge >= 0.3 is 5.97 Å². The molecule has 5 nitrogen and oxygen atoms in total. The second kappa shape index (κ2) is 6.05. The van der Waals surface area contributed by atoms with E-state index in [1.54, 1.807) is 0 Å². The van der Waals surface area contributed by atoms with Gasteiger partial charge in [0.25, 0.3) is 0 Å². The number of carbonyl (C=O) groups is 2. The van der Waals surface area contributed by atoms with Crippen molar-refractivity contribution < 1.29 is 19.4 Å². The number of rotatable bonds is 5. The zero-order valence-corrected chi connectivity index (χ0v) is 11.5. The van der Waals surface area contributed by atoms with Crippen molar-refractivity contribution >= 4 is 11.9 Å². The highest BCUT2D eigenvalue weighted by Gasteiger charge is 2.43. The summed E-state index contributed by atoms with van der Waals surface area (Å²) in [5, 5.41) is 11.9. The van der Waals surface area contributed by atoms with E-state index in [9.17, 15) is 14.7 Å². The summed E-state index contributed by atoms with van der Waals surface area (Å²) < 4.78 is 5.11. The first-order valence-corrected chi connectivity index (χ1v) is 6.76. The molecule has 0 radical (unpaired) electrons. The molecule has 1 saturated heterocycles. The maximum atomic E-state index is 12.0. The van der Waals surface area contributed by atoms with E-state index < -0.39 is 11.5 Å². The van der Waals surface area contributed by atoms with Crippen molar-refractivity contribution in [2.75, 3.05) is 13.2 Å². The first kappa shape index (κ1) is 14.5. The largest absolute Gasteiger partial charge is 0.479 e. The number of ether oxygens (including phenoxy) is 1. The van der Waals surface area contributed by atoms with Crippen LogP contribution in [0.5, 0.6) is 0 Å². The molecule has 5 heteroatoms. The molecule has 0 saturated carbocycles. The molecule has 20 heavy (non-hydrogen) atoms. The SMILES string of the molecule is CCc1ccc(CC(=O)NC2(C(=O)O)CCOC2)cc1. The maximum Gasteiger partial charge on any atom is 0.331 e. The summed E-state index contributed by atoms with van der Waals surface area (Å²) in [6.45, 7) is 2.46. The molecule has 0 aromatic heterocycles. The Balaban J connectivity index is 1.99. The van der Waals surface area contributed by atoms with Crippen molar-refractivity contribution in [3.05, 3.63) is 35.4 Å². The summed E-state index contributed by atoms with van der Waals surface area (Å²) in [7, 11) is 0. The number of aliphatic carboxylic acids is 1. The lowest BCUT2D eigenvalue weighted by Crippen LogP contribution is -2.55. The normalized spacial score (nSPS) is 21.6. The van der Waals surface area contributed by atoms with Crippen molar-refractivity contribution in [1.29, 1.82) is 0 Å². The zero-order valence-electron chi connectivity index (χ0n) is 11.5. The molecule has 1 amide bonds. The van der Waals surface area contributed by atoms with Gasteiger partial charge in [-0.2, -0.15) is 0 Å². The van der Waals surface area contributed by atoms with Gasteiger partial charge in [-0.1, -0.05) is 31.2 Å². The van der Waals surface area contributed by atoms with E-state index in [2.05, 4.69) is 12.2 Å². The first-order valence-electron chi connectivity index (χ1n) is 6.76. The molecule has 0 bridgehead atoms. The van der Waals surface area contributed by atoms with Crippen LogP contribution in [0.1, 0.15) is 24.5 Å². The fourth-order valence-corrected chi connectivity index (χ4v) is 2.27. The molecule has 1 aromatic carbocycles. The predicted molar refractivity (Wildman–Crippen MR) is 73.5 cm³/mol. The summed E-state index contributed by atoms with van der Waals surface area (Å²) in [4.78, 5) is 23.3.